The van der Waals surface area contributed by atoms with E-state index in [1.165, 1.54) is 32.1 Å². The van der Waals surface area contributed by atoms with E-state index in [0.717, 1.165) is 18.0 Å². The van der Waals surface area contributed by atoms with Gasteiger partial charge in [0.1, 0.15) is 0 Å². The zero-order valence-corrected chi connectivity index (χ0v) is 9.85. The van der Waals surface area contributed by atoms with Gasteiger partial charge in [0.15, 0.2) is 0 Å². The molecule has 0 spiro atoms. The monoisotopic (exact) mass is 224 g/mol. The molecule has 1 N–H and O–H groups in total. The lowest BCUT2D eigenvalue weighted by Crippen LogP contribution is -2.14. The highest BCUT2D eigenvalue weighted by Crippen LogP contribution is 2.25. The molecule has 1 aromatic heterocycles. The van der Waals surface area contributed by atoms with Crippen LogP contribution in [0.5, 0.6) is 5.88 Å². The van der Waals surface area contributed by atoms with E-state index in [9.17, 15) is 0 Å². The fourth-order valence-electron chi connectivity index (χ4n) is 2.45. The first-order valence-electron chi connectivity index (χ1n) is 6.04. The minimum absolute atomic E-state index is 0.00611. The van der Waals surface area contributed by atoms with Crippen molar-refractivity contribution in [2.24, 2.45) is 5.92 Å². The van der Waals surface area contributed by atoms with Crippen molar-refractivity contribution in [3.63, 3.8) is 0 Å². The number of hydrogen-bond acceptors (Lipinski definition) is 3. The molecule has 4 nitrogen and oxygen atoms in total. The van der Waals surface area contributed by atoms with E-state index < -0.39 is 0 Å². The van der Waals surface area contributed by atoms with E-state index in [-0.39, 0.29) is 6.61 Å². The second-order valence-electron chi connectivity index (χ2n) is 4.55. The Hall–Kier alpha value is -1.03. The largest absolute Gasteiger partial charge is 0.480 e. The SMILES string of the molecule is COc1nn(CC2CCCCC2)cc1CO. The lowest BCUT2D eigenvalue weighted by atomic mass is 9.89. The first-order chi connectivity index (χ1) is 7.83. The standard InChI is InChI=1S/C12H20N2O2/c1-16-12-11(9-15)8-14(13-12)7-10-5-3-2-4-6-10/h8,10,15H,2-7,9H2,1H3. The molecule has 1 aliphatic carbocycles. The summed E-state index contributed by atoms with van der Waals surface area (Å²) in [5.74, 6) is 1.29. The Morgan fingerprint density at radius 2 is 2.19 bits per heavy atom. The molecule has 1 fully saturated rings. The summed E-state index contributed by atoms with van der Waals surface area (Å²) in [5.41, 5.74) is 0.776. The minimum atomic E-state index is -0.00611. The van der Waals surface area contributed by atoms with E-state index in [1.54, 1.807) is 7.11 Å². The molecule has 0 amide bonds. The molecule has 1 heterocycles. The van der Waals surface area contributed by atoms with Gasteiger partial charge in [-0.2, -0.15) is 0 Å². The van der Waals surface area contributed by atoms with Gasteiger partial charge in [0, 0.05) is 12.7 Å². The molecule has 1 aromatic rings. The van der Waals surface area contributed by atoms with Crippen LogP contribution in [0.15, 0.2) is 6.20 Å². The first-order valence-corrected chi connectivity index (χ1v) is 6.04. The molecule has 0 radical (unpaired) electrons. The van der Waals surface area contributed by atoms with Crippen molar-refractivity contribution in [1.82, 2.24) is 9.78 Å². The molecule has 1 saturated carbocycles. The van der Waals surface area contributed by atoms with E-state index >= 15 is 0 Å². The van der Waals surface area contributed by atoms with Crippen LogP contribution in [0, 0.1) is 5.92 Å². The highest BCUT2D eigenvalue weighted by Gasteiger charge is 2.16. The summed E-state index contributed by atoms with van der Waals surface area (Å²) in [6.45, 7) is 0.949. The molecule has 0 aromatic carbocycles. The number of hydrogen-bond donors (Lipinski definition) is 1. The minimum Gasteiger partial charge on any atom is -0.480 e. The summed E-state index contributed by atoms with van der Waals surface area (Å²) >= 11 is 0. The number of rotatable bonds is 4. The average Bonchev–Trinajstić information content (AvgIpc) is 2.72. The average molecular weight is 224 g/mol. The molecular weight excluding hydrogens is 204 g/mol. The fourth-order valence-corrected chi connectivity index (χ4v) is 2.45. The van der Waals surface area contributed by atoms with Crippen LogP contribution >= 0.6 is 0 Å². The molecule has 4 heteroatoms. The predicted octanol–water partition coefficient (Wildman–Crippen LogP) is 1.96. The van der Waals surface area contributed by atoms with Crippen LogP contribution in [0.4, 0.5) is 0 Å². The van der Waals surface area contributed by atoms with Crippen LogP contribution in [0.2, 0.25) is 0 Å². The van der Waals surface area contributed by atoms with Crippen molar-refractivity contribution < 1.29 is 9.84 Å². The molecule has 0 atom stereocenters. The quantitative estimate of drug-likeness (QED) is 0.850. The van der Waals surface area contributed by atoms with E-state index in [4.69, 9.17) is 9.84 Å². The van der Waals surface area contributed by atoms with Crippen molar-refractivity contribution in [1.29, 1.82) is 0 Å². The topological polar surface area (TPSA) is 47.3 Å². The lowest BCUT2D eigenvalue weighted by molar-refractivity contribution is 0.273. The Labute approximate surface area is 96.2 Å². The van der Waals surface area contributed by atoms with Crippen LogP contribution in [-0.2, 0) is 13.2 Å². The van der Waals surface area contributed by atoms with Crippen LogP contribution in [-0.4, -0.2) is 22.0 Å². The van der Waals surface area contributed by atoms with Crippen molar-refractivity contribution in [3.8, 4) is 5.88 Å². The first kappa shape index (κ1) is 11.5. The third-order valence-corrected chi connectivity index (χ3v) is 3.33. The van der Waals surface area contributed by atoms with Gasteiger partial charge in [-0.3, -0.25) is 4.68 Å². The summed E-state index contributed by atoms with van der Waals surface area (Å²) in [6.07, 6.45) is 8.56. The van der Waals surface area contributed by atoms with Crippen molar-refractivity contribution in [3.05, 3.63) is 11.8 Å². The molecule has 16 heavy (non-hydrogen) atoms. The van der Waals surface area contributed by atoms with Gasteiger partial charge in [-0.1, -0.05) is 19.3 Å². The van der Waals surface area contributed by atoms with Crippen LogP contribution < -0.4 is 4.74 Å². The zero-order valence-electron chi connectivity index (χ0n) is 9.85. The van der Waals surface area contributed by atoms with E-state index in [1.807, 2.05) is 10.9 Å². The highest BCUT2D eigenvalue weighted by atomic mass is 16.5. The van der Waals surface area contributed by atoms with E-state index in [2.05, 4.69) is 5.10 Å². The second-order valence-corrected chi connectivity index (χ2v) is 4.55. The Balaban J connectivity index is 2.00. The third-order valence-electron chi connectivity index (χ3n) is 3.33. The molecule has 2 rings (SSSR count). The number of aliphatic hydroxyl groups excluding tert-OH is 1. The number of nitrogens with zero attached hydrogens (tertiary/aromatic N) is 2. The number of aliphatic hydroxyl groups is 1. The van der Waals surface area contributed by atoms with Crippen molar-refractivity contribution in [2.75, 3.05) is 7.11 Å². The predicted molar refractivity (Wildman–Crippen MR) is 61.3 cm³/mol. The Kier molecular flexibility index (Phi) is 3.83. The normalized spacial score (nSPS) is 17.6. The lowest BCUT2D eigenvalue weighted by Gasteiger charge is -2.21. The van der Waals surface area contributed by atoms with Gasteiger partial charge in [-0.05, 0) is 18.8 Å². The van der Waals surface area contributed by atoms with Crippen molar-refractivity contribution in [2.45, 2.75) is 45.3 Å². The summed E-state index contributed by atoms with van der Waals surface area (Å²) in [6, 6.07) is 0. The van der Waals surface area contributed by atoms with Crippen LogP contribution in [0.1, 0.15) is 37.7 Å². The fraction of sp³-hybridized carbons (Fsp3) is 0.750. The Morgan fingerprint density at radius 1 is 1.44 bits per heavy atom. The van der Waals surface area contributed by atoms with Crippen LogP contribution in [0.3, 0.4) is 0 Å². The number of aromatic nitrogens is 2. The van der Waals surface area contributed by atoms with Gasteiger partial charge in [0.05, 0.1) is 19.3 Å². The molecule has 0 saturated heterocycles. The molecule has 1 aliphatic rings. The summed E-state index contributed by atoms with van der Waals surface area (Å²) in [4.78, 5) is 0. The molecule has 0 bridgehead atoms. The Morgan fingerprint density at radius 3 is 2.75 bits per heavy atom. The summed E-state index contributed by atoms with van der Waals surface area (Å²) in [7, 11) is 1.59. The Bertz CT molecular complexity index is 308. The maximum atomic E-state index is 9.14. The second kappa shape index (κ2) is 5.34. The van der Waals surface area contributed by atoms with Crippen molar-refractivity contribution >= 4 is 0 Å². The van der Waals surface area contributed by atoms with Gasteiger partial charge in [-0.25, -0.2) is 0 Å². The summed E-state index contributed by atoms with van der Waals surface area (Å²) in [5, 5.41) is 13.5. The van der Waals surface area contributed by atoms with Gasteiger partial charge in [0.25, 0.3) is 0 Å². The highest BCUT2D eigenvalue weighted by molar-refractivity contribution is 5.22. The molecule has 90 valence electrons. The number of ether oxygens (including phenoxy) is 1. The molecular formula is C12H20N2O2. The maximum Gasteiger partial charge on any atom is 0.238 e. The zero-order chi connectivity index (χ0) is 11.4. The summed E-state index contributed by atoms with van der Waals surface area (Å²) < 4.78 is 7.03. The molecule has 0 unspecified atom stereocenters. The number of methoxy groups -OCH3 is 1. The van der Waals surface area contributed by atoms with Gasteiger partial charge in [0.2, 0.25) is 5.88 Å². The smallest absolute Gasteiger partial charge is 0.238 e. The molecule has 0 aliphatic heterocycles. The van der Waals surface area contributed by atoms with E-state index in [0.29, 0.717) is 5.88 Å². The maximum absolute atomic E-state index is 9.14. The van der Waals surface area contributed by atoms with Gasteiger partial charge >= 0.3 is 0 Å². The third kappa shape index (κ3) is 2.55. The van der Waals surface area contributed by atoms with Crippen LogP contribution in [0.25, 0.3) is 0 Å². The van der Waals surface area contributed by atoms with Gasteiger partial charge in [-0.15, -0.1) is 5.10 Å². The van der Waals surface area contributed by atoms with Gasteiger partial charge < -0.3 is 9.84 Å².